The van der Waals surface area contributed by atoms with Gasteiger partial charge in [0.1, 0.15) is 5.82 Å². The molecule has 0 bridgehead atoms. The van der Waals surface area contributed by atoms with Crippen LogP contribution in [-0.4, -0.2) is 23.7 Å². The molecule has 1 atom stereocenters. The Morgan fingerprint density at radius 3 is 2.88 bits per heavy atom. The summed E-state index contributed by atoms with van der Waals surface area (Å²) < 4.78 is 12.8. The molecule has 88 valence electrons. The molecule has 0 aromatic heterocycles. The van der Waals surface area contributed by atoms with Crippen LogP contribution in [-0.2, 0) is 0 Å². The first-order chi connectivity index (χ1) is 7.50. The second kappa shape index (κ2) is 5.82. The zero-order chi connectivity index (χ0) is 12.1. The highest BCUT2D eigenvalue weighted by Crippen LogP contribution is 2.15. The van der Waals surface area contributed by atoms with E-state index in [1.807, 2.05) is 0 Å². The van der Waals surface area contributed by atoms with Gasteiger partial charge < -0.3 is 10.4 Å². The van der Waals surface area contributed by atoms with Crippen LogP contribution in [0, 0.1) is 5.82 Å². The lowest BCUT2D eigenvalue weighted by molar-refractivity contribution is 0.0945. The van der Waals surface area contributed by atoms with Gasteiger partial charge in [-0.15, -0.1) is 0 Å². The number of hydrogen-bond acceptors (Lipinski definition) is 2. The molecule has 0 saturated carbocycles. The number of nitrogens with one attached hydrogen (secondary N) is 1. The molecule has 0 radical (unpaired) electrons. The Morgan fingerprint density at radius 1 is 1.62 bits per heavy atom. The van der Waals surface area contributed by atoms with Crippen molar-refractivity contribution in [2.45, 2.75) is 19.4 Å². The molecule has 0 heterocycles. The van der Waals surface area contributed by atoms with E-state index < -0.39 is 11.9 Å². The minimum Gasteiger partial charge on any atom is -0.393 e. The van der Waals surface area contributed by atoms with Crippen molar-refractivity contribution in [3.63, 3.8) is 0 Å². The van der Waals surface area contributed by atoms with Crippen molar-refractivity contribution in [3.8, 4) is 0 Å². The molecular formula is C11H13ClFNO2. The summed E-state index contributed by atoms with van der Waals surface area (Å²) in [6.07, 6.45) is 0.0119. The number of hydrogen-bond donors (Lipinski definition) is 2. The summed E-state index contributed by atoms with van der Waals surface area (Å²) in [4.78, 5) is 11.5. The Morgan fingerprint density at radius 2 is 2.31 bits per heavy atom. The lowest BCUT2D eigenvalue weighted by Crippen LogP contribution is -2.26. The Hall–Kier alpha value is -1.13. The third-order valence-electron chi connectivity index (χ3n) is 2.03. The van der Waals surface area contributed by atoms with Crippen molar-refractivity contribution >= 4 is 17.5 Å². The second-order valence-corrected chi connectivity index (χ2v) is 3.93. The highest BCUT2D eigenvalue weighted by Gasteiger charge is 2.08. The Bertz CT molecular complexity index is 382. The van der Waals surface area contributed by atoms with Crippen LogP contribution in [0.1, 0.15) is 23.7 Å². The average molecular weight is 246 g/mol. The zero-order valence-corrected chi connectivity index (χ0v) is 9.59. The lowest BCUT2D eigenvalue weighted by Gasteiger charge is -2.07. The normalized spacial score (nSPS) is 12.2. The molecule has 2 N–H and O–H groups in total. The molecule has 5 heteroatoms. The summed E-state index contributed by atoms with van der Waals surface area (Å²) in [5.74, 6) is -0.884. The molecular weight excluding hydrogens is 233 g/mol. The fourth-order valence-electron chi connectivity index (χ4n) is 1.13. The fraction of sp³-hybridized carbons (Fsp3) is 0.364. The summed E-state index contributed by atoms with van der Waals surface area (Å²) in [5.41, 5.74) is 0.303. The number of aliphatic hydroxyl groups is 1. The predicted octanol–water partition coefficient (Wildman–Crippen LogP) is 1.98. The molecule has 0 aliphatic rings. The van der Waals surface area contributed by atoms with Gasteiger partial charge in [0.2, 0.25) is 0 Å². The Kier molecular flexibility index (Phi) is 4.71. The minimum atomic E-state index is -0.554. The van der Waals surface area contributed by atoms with Gasteiger partial charge in [0.15, 0.2) is 0 Å². The molecule has 0 spiro atoms. The van der Waals surface area contributed by atoms with Gasteiger partial charge in [-0.3, -0.25) is 4.79 Å². The summed E-state index contributed by atoms with van der Waals surface area (Å²) in [5, 5.41) is 11.5. The van der Waals surface area contributed by atoms with Crippen LogP contribution in [0.2, 0.25) is 5.02 Å². The van der Waals surface area contributed by atoms with Crippen LogP contribution < -0.4 is 5.32 Å². The van der Waals surface area contributed by atoms with E-state index in [1.54, 1.807) is 6.92 Å². The molecule has 3 nitrogen and oxygen atoms in total. The molecule has 0 fully saturated rings. The summed E-state index contributed by atoms with van der Waals surface area (Å²) in [6, 6.07) is 3.78. The van der Waals surface area contributed by atoms with E-state index in [0.29, 0.717) is 18.5 Å². The third kappa shape index (κ3) is 3.79. The zero-order valence-electron chi connectivity index (χ0n) is 8.84. The maximum Gasteiger partial charge on any atom is 0.251 e. The fourth-order valence-corrected chi connectivity index (χ4v) is 1.31. The SMILES string of the molecule is CC(O)CCNC(=O)c1ccc(F)c(Cl)c1. The van der Waals surface area contributed by atoms with E-state index in [2.05, 4.69) is 5.32 Å². The largest absolute Gasteiger partial charge is 0.393 e. The topological polar surface area (TPSA) is 49.3 Å². The van der Waals surface area contributed by atoms with E-state index in [0.717, 1.165) is 6.07 Å². The van der Waals surface area contributed by atoms with Gasteiger partial charge in [-0.05, 0) is 31.5 Å². The molecule has 0 aliphatic carbocycles. The van der Waals surface area contributed by atoms with Crippen LogP contribution in [0.15, 0.2) is 18.2 Å². The van der Waals surface area contributed by atoms with E-state index in [-0.39, 0.29) is 10.9 Å². The monoisotopic (exact) mass is 245 g/mol. The van der Waals surface area contributed by atoms with Gasteiger partial charge >= 0.3 is 0 Å². The number of aliphatic hydroxyl groups excluding tert-OH is 1. The van der Waals surface area contributed by atoms with Gasteiger partial charge in [-0.1, -0.05) is 11.6 Å². The van der Waals surface area contributed by atoms with E-state index in [4.69, 9.17) is 16.7 Å². The van der Waals surface area contributed by atoms with Gasteiger partial charge in [0.25, 0.3) is 5.91 Å². The van der Waals surface area contributed by atoms with Crippen molar-refractivity contribution in [1.29, 1.82) is 0 Å². The molecule has 1 amide bonds. The molecule has 1 rings (SSSR count). The van der Waals surface area contributed by atoms with E-state index in [1.165, 1.54) is 12.1 Å². The van der Waals surface area contributed by atoms with Crippen LogP contribution in [0.5, 0.6) is 0 Å². The van der Waals surface area contributed by atoms with Crippen molar-refractivity contribution in [2.75, 3.05) is 6.54 Å². The van der Waals surface area contributed by atoms with Crippen LogP contribution in [0.4, 0.5) is 4.39 Å². The molecule has 1 aromatic rings. The van der Waals surface area contributed by atoms with E-state index >= 15 is 0 Å². The van der Waals surface area contributed by atoms with Crippen molar-refractivity contribution in [3.05, 3.63) is 34.6 Å². The second-order valence-electron chi connectivity index (χ2n) is 3.52. The van der Waals surface area contributed by atoms with Crippen LogP contribution in [0.3, 0.4) is 0 Å². The van der Waals surface area contributed by atoms with Crippen molar-refractivity contribution < 1.29 is 14.3 Å². The molecule has 1 unspecified atom stereocenters. The number of benzene rings is 1. The van der Waals surface area contributed by atoms with Crippen molar-refractivity contribution in [2.24, 2.45) is 0 Å². The van der Waals surface area contributed by atoms with Gasteiger partial charge in [0.05, 0.1) is 11.1 Å². The minimum absolute atomic E-state index is 0.0804. The summed E-state index contributed by atoms with van der Waals surface area (Å²) >= 11 is 5.55. The average Bonchev–Trinajstić information content (AvgIpc) is 2.21. The standard InChI is InChI=1S/C11H13ClFNO2/c1-7(15)4-5-14-11(16)8-2-3-10(13)9(12)6-8/h2-3,6-7,15H,4-5H2,1H3,(H,14,16). The smallest absolute Gasteiger partial charge is 0.251 e. The van der Waals surface area contributed by atoms with Crippen LogP contribution in [0.25, 0.3) is 0 Å². The molecule has 0 aliphatic heterocycles. The summed E-state index contributed by atoms with van der Waals surface area (Å²) in [6.45, 7) is 2.01. The maximum absolute atomic E-state index is 12.8. The Balaban J connectivity index is 2.56. The number of carbonyl (C=O) groups excluding carboxylic acids is 1. The third-order valence-corrected chi connectivity index (χ3v) is 2.32. The summed E-state index contributed by atoms with van der Waals surface area (Å²) in [7, 11) is 0. The first kappa shape index (κ1) is 12.9. The predicted molar refractivity (Wildman–Crippen MR) is 60.0 cm³/mol. The molecule has 1 aromatic carbocycles. The quantitative estimate of drug-likeness (QED) is 0.852. The first-order valence-electron chi connectivity index (χ1n) is 4.92. The number of halogens is 2. The highest BCUT2D eigenvalue weighted by atomic mass is 35.5. The van der Waals surface area contributed by atoms with Crippen LogP contribution >= 0.6 is 11.6 Å². The van der Waals surface area contributed by atoms with Gasteiger partial charge in [0, 0.05) is 12.1 Å². The van der Waals surface area contributed by atoms with Crippen molar-refractivity contribution in [1.82, 2.24) is 5.32 Å². The van der Waals surface area contributed by atoms with E-state index in [9.17, 15) is 9.18 Å². The number of amides is 1. The lowest BCUT2D eigenvalue weighted by atomic mass is 10.2. The number of rotatable bonds is 4. The Labute approximate surface area is 98.2 Å². The number of carbonyl (C=O) groups is 1. The first-order valence-corrected chi connectivity index (χ1v) is 5.30. The van der Waals surface area contributed by atoms with Gasteiger partial charge in [-0.25, -0.2) is 4.39 Å². The molecule has 16 heavy (non-hydrogen) atoms. The molecule has 0 saturated heterocycles. The van der Waals surface area contributed by atoms with Gasteiger partial charge in [-0.2, -0.15) is 0 Å². The maximum atomic E-state index is 12.8. The highest BCUT2D eigenvalue weighted by molar-refractivity contribution is 6.31.